The Labute approximate surface area is 80.9 Å². The number of nitrogens with one attached hydrogen (secondary N) is 2. The first kappa shape index (κ1) is 8.83. The number of hydrogen-bond donors (Lipinski definition) is 3. The van der Waals surface area contributed by atoms with E-state index in [1.807, 2.05) is 0 Å². The van der Waals surface area contributed by atoms with Gasteiger partial charge in [0, 0.05) is 5.75 Å². The highest BCUT2D eigenvalue weighted by atomic mass is 32.2. The second kappa shape index (κ2) is 3.97. The second-order valence-corrected chi connectivity index (χ2v) is 4.23. The third-order valence-electron chi connectivity index (χ3n) is 2.11. The van der Waals surface area contributed by atoms with Crippen molar-refractivity contribution in [2.24, 2.45) is 5.92 Å². The Bertz CT molecular complexity index is 270. The van der Waals surface area contributed by atoms with Crippen molar-refractivity contribution in [1.82, 2.24) is 20.5 Å². The van der Waals surface area contributed by atoms with Crippen molar-refractivity contribution < 1.29 is 0 Å². The summed E-state index contributed by atoms with van der Waals surface area (Å²) in [6.45, 7) is 2.33. The second-order valence-electron chi connectivity index (χ2n) is 3.16. The van der Waals surface area contributed by atoms with Crippen LogP contribution >= 0.6 is 11.8 Å². The molecule has 1 saturated heterocycles. The standard InChI is InChI=1S/C7H13N5S/c8-6-10-7(12-11-6)13-2-1-5-3-9-4-5/h5,9H,1-4H2,(H3,8,10,11,12). The molecule has 0 bridgehead atoms. The zero-order valence-corrected chi connectivity index (χ0v) is 8.10. The number of nitrogens with zero attached hydrogens (tertiary/aromatic N) is 2. The predicted octanol–water partition coefficient (Wildman–Crippen LogP) is 0.0885. The Hall–Kier alpha value is -0.750. The summed E-state index contributed by atoms with van der Waals surface area (Å²) in [4.78, 5) is 4.01. The molecule has 6 heteroatoms. The molecular formula is C7H13N5S. The largest absolute Gasteiger partial charge is 0.368 e. The fourth-order valence-electron chi connectivity index (χ4n) is 1.19. The molecule has 1 aliphatic heterocycles. The first-order valence-corrected chi connectivity index (χ1v) is 5.34. The van der Waals surface area contributed by atoms with E-state index in [0.29, 0.717) is 5.95 Å². The summed E-state index contributed by atoms with van der Waals surface area (Å²) in [6.07, 6.45) is 1.23. The number of hydrogen-bond acceptors (Lipinski definition) is 5. The molecule has 72 valence electrons. The highest BCUT2D eigenvalue weighted by molar-refractivity contribution is 7.99. The molecule has 2 heterocycles. The zero-order valence-electron chi connectivity index (χ0n) is 7.29. The Kier molecular flexibility index (Phi) is 2.70. The number of H-pyrrole nitrogens is 1. The van der Waals surface area contributed by atoms with Gasteiger partial charge in [0.15, 0.2) is 0 Å². The molecule has 0 unspecified atom stereocenters. The summed E-state index contributed by atoms with van der Waals surface area (Å²) in [7, 11) is 0. The lowest BCUT2D eigenvalue weighted by Crippen LogP contribution is -2.42. The van der Waals surface area contributed by atoms with E-state index >= 15 is 0 Å². The summed E-state index contributed by atoms with van der Waals surface area (Å²) in [5.41, 5.74) is 5.39. The van der Waals surface area contributed by atoms with Gasteiger partial charge in [0.2, 0.25) is 11.1 Å². The number of nitrogens with two attached hydrogens (primary N) is 1. The Balaban J connectivity index is 1.67. The predicted molar refractivity (Wildman–Crippen MR) is 52.5 cm³/mol. The van der Waals surface area contributed by atoms with Crippen LogP contribution in [0.25, 0.3) is 0 Å². The quantitative estimate of drug-likeness (QED) is 0.599. The molecule has 0 radical (unpaired) electrons. The number of aromatic amines is 1. The van der Waals surface area contributed by atoms with Crippen molar-refractivity contribution in [1.29, 1.82) is 0 Å². The Morgan fingerprint density at radius 2 is 2.38 bits per heavy atom. The van der Waals surface area contributed by atoms with Crippen LogP contribution in [0.2, 0.25) is 0 Å². The van der Waals surface area contributed by atoms with Gasteiger partial charge >= 0.3 is 0 Å². The van der Waals surface area contributed by atoms with Crippen molar-refractivity contribution in [3.8, 4) is 0 Å². The van der Waals surface area contributed by atoms with Crippen molar-refractivity contribution >= 4 is 17.7 Å². The Morgan fingerprint density at radius 1 is 1.54 bits per heavy atom. The van der Waals surface area contributed by atoms with Crippen molar-refractivity contribution in [2.45, 2.75) is 11.6 Å². The van der Waals surface area contributed by atoms with E-state index in [-0.39, 0.29) is 0 Å². The third-order valence-corrected chi connectivity index (χ3v) is 2.99. The van der Waals surface area contributed by atoms with Crippen molar-refractivity contribution in [2.75, 3.05) is 24.6 Å². The minimum atomic E-state index is 0.396. The lowest BCUT2D eigenvalue weighted by molar-refractivity contribution is 0.341. The molecule has 1 aliphatic rings. The van der Waals surface area contributed by atoms with Gasteiger partial charge in [-0.1, -0.05) is 11.8 Å². The summed E-state index contributed by atoms with van der Waals surface area (Å²) in [5.74, 6) is 2.32. The highest BCUT2D eigenvalue weighted by Gasteiger charge is 2.16. The van der Waals surface area contributed by atoms with Gasteiger partial charge in [-0.15, -0.1) is 5.10 Å². The van der Waals surface area contributed by atoms with Gasteiger partial charge in [-0.3, -0.25) is 0 Å². The van der Waals surface area contributed by atoms with Crippen LogP contribution in [0.5, 0.6) is 0 Å². The lowest BCUT2D eigenvalue weighted by atomic mass is 10.0. The van der Waals surface area contributed by atoms with E-state index in [2.05, 4.69) is 20.5 Å². The first-order chi connectivity index (χ1) is 6.34. The molecule has 5 nitrogen and oxygen atoms in total. The smallest absolute Gasteiger partial charge is 0.216 e. The van der Waals surface area contributed by atoms with Crippen LogP contribution in [0.1, 0.15) is 6.42 Å². The van der Waals surface area contributed by atoms with Crippen LogP contribution in [-0.4, -0.2) is 34.0 Å². The molecule has 0 amide bonds. The fourth-order valence-corrected chi connectivity index (χ4v) is 2.10. The van der Waals surface area contributed by atoms with Crippen LogP contribution < -0.4 is 11.1 Å². The van der Waals surface area contributed by atoms with E-state index in [4.69, 9.17) is 5.73 Å². The van der Waals surface area contributed by atoms with Crippen LogP contribution in [0.4, 0.5) is 5.95 Å². The molecule has 1 fully saturated rings. The molecular weight excluding hydrogens is 186 g/mol. The van der Waals surface area contributed by atoms with E-state index in [0.717, 1.165) is 29.9 Å². The lowest BCUT2D eigenvalue weighted by Gasteiger charge is -2.26. The molecule has 1 aromatic heterocycles. The third kappa shape index (κ3) is 2.35. The van der Waals surface area contributed by atoms with Crippen LogP contribution in [0, 0.1) is 5.92 Å². The molecule has 4 N–H and O–H groups in total. The van der Waals surface area contributed by atoms with Crippen LogP contribution in [-0.2, 0) is 0 Å². The van der Waals surface area contributed by atoms with Gasteiger partial charge in [-0.25, -0.2) is 5.10 Å². The molecule has 0 atom stereocenters. The fraction of sp³-hybridized carbons (Fsp3) is 0.714. The Morgan fingerprint density at radius 3 is 2.92 bits per heavy atom. The number of aromatic nitrogens is 3. The summed E-state index contributed by atoms with van der Waals surface area (Å²) < 4.78 is 0. The minimum absolute atomic E-state index is 0.396. The summed E-state index contributed by atoms with van der Waals surface area (Å²) >= 11 is 1.66. The van der Waals surface area contributed by atoms with Crippen LogP contribution in [0.15, 0.2) is 5.16 Å². The maximum Gasteiger partial charge on any atom is 0.216 e. The SMILES string of the molecule is Nc1nc(SCCC2CNC2)n[nH]1. The van der Waals surface area contributed by atoms with Gasteiger partial charge in [0.25, 0.3) is 0 Å². The average Bonchev–Trinajstić information content (AvgIpc) is 2.42. The van der Waals surface area contributed by atoms with Crippen molar-refractivity contribution in [3.63, 3.8) is 0 Å². The highest BCUT2D eigenvalue weighted by Crippen LogP contribution is 2.18. The van der Waals surface area contributed by atoms with E-state index in [1.54, 1.807) is 11.8 Å². The molecule has 1 aromatic rings. The summed E-state index contributed by atoms with van der Waals surface area (Å²) in [5, 5.41) is 10.6. The maximum atomic E-state index is 5.39. The number of anilines is 1. The van der Waals surface area contributed by atoms with Crippen LogP contribution in [0.3, 0.4) is 0 Å². The number of nitrogen functional groups attached to an aromatic ring is 1. The van der Waals surface area contributed by atoms with Gasteiger partial charge in [0.05, 0.1) is 0 Å². The summed E-state index contributed by atoms with van der Waals surface area (Å²) in [6, 6.07) is 0. The van der Waals surface area contributed by atoms with E-state index in [9.17, 15) is 0 Å². The first-order valence-electron chi connectivity index (χ1n) is 4.36. The van der Waals surface area contributed by atoms with Crippen molar-refractivity contribution in [3.05, 3.63) is 0 Å². The molecule has 0 saturated carbocycles. The monoisotopic (exact) mass is 199 g/mol. The van der Waals surface area contributed by atoms with E-state index in [1.165, 1.54) is 6.42 Å². The van der Waals surface area contributed by atoms with Gasteiger partial charge in [0.1, 0.15) is 0 Å². The normalized spacial score (nSPS) is 17.2. The molecule has 0 spiro atoms. The molecule has 2 rings (SSSR count). The van der Waals surface area contributed by atoms with Gasteiger partial charge < -0.3 is 11.1 Å². The number of rotatable bonds is 4. The topological polar surface area (TPSA) is 79.6 Å². The number of thioether (sulfide) groups is 1. The average molecular weight is 199 g/mol. The molecule has 13 heavy (non-hydrogen) atoms. The molecule has 0 aliphatic carbocycles. The van der Waals surface area contributed by atoms with Gasteiger partial charge in [-0.2, -0.15) is 4.98 Å². The van der Waals surface area contributed by atoms with E-state index < -0.39 is 0 Å². The maximum absolute atomic E-state index is 5.39. The minimum Gasteiger partial charge on any atom is -0.368 e. The molecule has 0 aromatic carbocycles. The van der Waals surface area contributed by atoms with Gasteiger partial charge in [-0.05, 0) is 25.4 Å². The zero-order chi connectivity index (χ0) is 9.10.